The van der Waals surface area contributed by atoms with Crippen LogP contribution in [-0.4, -0.2) is 16.3 Å². The lowest BCUT2D eigenvalue weighted by atomic mass is 9.91. The summed E-state index contributed by atoms with van der Waals surface area (Å²) in [5.41, 5.74) is 5.65. The molecule has 1 aliphatic heterocycles. The summed E-state index contributed by atoms with van der Waals surface area (Å²) in [6.45, 7) is 0.678. The number of pyridine rings is 1. The highest BCUT2D eigenvalue weighted by molar-refractivity contribution is 6.30. The van der Waals surface area contributed by atoms with Crippen LogP contribution in [0.2, 0.25) is 5.02 Å². The highest BCUT2D eigenvalue weighted by atomic mass is 35.5. The number of rotatable bonds is 3. The van der Waals surface area contributed by atoms with E-state index in [0.29, 0.717) is 23.6 Å². The van der Waals surface area contributed by atoms with E-state index in [-0.39, 0.29) is 12.2 Å². The summed E-state index contributed by atoms with van der Waals surface area (Å²) in [5, 5.41) is 10.2. The van der Waals surface area contributed by atoms with Crippen molar-refractivity contribution in [2.24, 2.45) is 0 Å². The SMILES string of the molecule is O=c1c(-c2ccccc2)cc(CCO)c2n1CCc1ccc(Cl)cc1-2. The van der Waals surface area contributed by atoms with Gasteiger partial charge in [-0.2, -0.15) is 0 Å². The summed E-state index contributed by atoms with van der Waals surface area (Å²) < 4.78 is 1.84. The van der Waals surface area contributed by atoms with Crippen LogP contribution in [-0.2, 0) is 19.4 Å². The zero-order chi connectivity index (χ0) is 17.4. The maximum Gasteiger partial charge on any atom is 0.258 e. The van der Waals surface area contributed by atoms with E-state index in [4.69, 9.17) is 11.6 Å². The third-order valence-electron chi connectivity index (χ3n) is 4.77. The maximum atomic E-state index is 13.1. The van der Waals surface area contributed by atoms with Crippen LogP contribution < -0.4 is 5.56 Å². The number of halogens is 1. The topological polar surface area (TPSA) is 42.2 Å². The number of hydrogen-bond donors (Lipinski definition) is 1. The van der Waals surface area contributed by atoms with Crippen LogP contribution in [0.5, 0.6) is 0 Å². The Labute approximate surface area is 151 Å². The summed E-state index contributed by atoms with van der Waals surface area (Å²) in [7, 11) is 0. The van der Waals surface area contributed by atoms with Crippen molar-refractivity contribution in [3.63, 3.8) is 0 Å². The molecule has 4 heteroatoms. The Morgan fingerprint density at radius 2 is 1.84 bits per heavy atom. The number of nitrogens with zero attached hydrogens (tertiary/aromatic N) is 1. The molecule has 0 saturated heterocycles. The van der Waals surface area contributed by atoms with Crippen molar-refractivity contribution in [2.45, 2.75) is 19.4 Å². The van der Waals surface area contributed by atoms with Crippen LogP contribution in [0.15, 0.2) is 59.4 Å². The van der Waals surface area contributed by atoms with Crippen molar-refractivity contribution in [2.75, 3.05) is 6.61 Å². The molecule has 0 amide bonds. The quantitative estimate of drug-likeness (QED) is 0.777. The van der Waals surface area contributed by atoms with Crippen LogP contribution in [0.25, 0.3) is 22.4 Å². The molecule has 0 bridgehead atoms. The van der Waals surface area contributed by atoms with Crippen molar-refractivity contribution in [1.29, 1.82) is 0 Å². The number of fused-ring (bicyclic) bond motifs is 3. The molecule has 2 aromatic carbocycles. The van der Waals surface area contributed by atoms with Gasteiger partial charge < -0.3 is 9.67 Å². The van der Waals surface area contributed by atoms with Gasteiger partial charge in [0.05, 0.1) is 5.69 Å². The maximum absolute atomic E-state index is 13.1. The molecule has 0 saturated carbocycles. The number of aromatic nitrogens is 1. The van der Waals surface area contributed by atoms with Gasteiger partial charge in [-0.25, -0.2) is 0 Å². The molecule has 126 valence electrons. The van der Waals surface area contributed by atoms with Gasteiger partial charge in [-0.05, 0) is 47.7 Å². The average molecular weight is 352 g/mol. The van der Waals surface area contributed by atoms with E-state index in [1.54, 1.807) is 0 Å². The van der Waals surface area contributed by atoms with Crippen LogP contribution in [0.3, 0.4) is 0 Å². The molecule has 0 spiro atoms. The van der Waals surface area contributed by atoms with Crippen molar-refractivity contribution < 1.29 is 5.11 Å². The Balaban J connectivity index is 2.02. The standard InChI is InChI=1S/C21H18ClNO2/c22-17-7-6-15-8-10-23-20(18(15)13-17)16(9-11-24)12-19(21(23)25)14-4-2-1-3-5-14/h1-7,12-13,24H,8-11H2. The smallest absolute Gasteiger partial charge is 0.258 e. The number of hydrogen-bond acceptors (Lipinski definition) is 2. The third kappa shape index (κ3) is 2.80. The second kappa shape index (κ2) is 6.51. The fourth-order valence-electron chi connectivity index (χ4n) is 3.61. The van der Waals surface area contributed by atoms with Crippen molar-refractivity contribution in [3.05, 3.63) is 81.1 Å². The van der Waals surface area contributed by atoms with Crippen LogP contribution in [0, 0.1) is 0 Å². The lowest BCUT2D eigenvalue weighted by molar-refractivity contribution is 0.299. The summed E-state index contributed by atoms with van der Waals surface area (Å²) in [6, 6.07) is 17.4. The minimum Gasteiger partial charge on any atom is -0.396 e. The van der Waals surface area contributed by atoms with Gasteiger partial charge >= 0.3 is 0 Å². The Kier molecular flexibility index (Phi) is 4.20. The van der Waals surface area contributed by atoms with Crippen molar-refractivity contribution in [1.82, 2.24) is 4.57 Å². The van der Waals surface area contributed by atoms with E-state index >= 15 is 0 Å². The number of aryl methyl sites for hydroxylation is 1. The lowest BCUT2D eigenvalue weighted by Crippen LogP contribution is -2.29. The Bertz CT molecular complexity index is 993. The van der Waals surface area contributed by atoms with Gasteiger partial charge in [0.15, 0.2) is 0 Å². The van der Waals surface area contributed by atoms with Crippen LogP contribution in [0.4, 0.5) is 0 Å². The first-order chi connectivity index (χ1) is 12.2. The molecule has 3 aromatic rings. The summed E-state index contributed by atoms with van der Waals surface area (Å²) in [6.07, 6.45) is 1.30. The number of aliphatic hydroxyl groups excluding tert-OH is 1. The Hall–Kier alpha value is -2.36. The van der Waals surface area contributed by atoms with Crippen molar-refractivity contribution in [3.8, 4) is 22.4 Å². The normalized spacial score (nSPS) is 12.6. The summed E-state index contributed by atoms with van der Waals surface area (Å²) in [4.78, 5) is 13.1. The van der Waals surface area contributed by atoms with E-state index in [0.717, 1.165) is 28.8 Å². The van der Waals surface area contributed by atoms with Gasteiger partial charge in [0.25, 0.3) is 5.56 Å². The molecule has 0 atom stereocenters. The molecule has 0 unspecified atom stereocenters. The van der Waals surface area contributed by atoms with Gasteiger partial charge in [0.1, 0.15) is 0 Å². The van der Waals surface area contributed by atoms with Crippen LogP contribution in [0.1, 0.15) is 11.1 Å². The first-order valence-corrected chi connectivity index (χ1v) is 8.78. The van der Waals surface area contributed by atoms with E-state index in [9.17, 15) is 9.90 Å². The van der Waals surface area contributed by atoms with E-state index < -0.39 is 0 Å². The van der Waals surface area contributed by atoms with Gasteiger partial charge in [-0.1, -0.05) is 48.0 Å². The molecule has 3 nitrogen and oxygen atoms in total. The second-order valence-corrected chi connectivity index (χ2v) is 6.72. The number of benzene rings is 2. The molecule has 2 heterocycles. The zero-order valence-corrected chi connectivity index (χ0v) is 14.5. The zero-order valence-electron chi connectivity index (χ0n) is 13.7. The predicted molar refractivity (Wildman–Crippen MR) is 101 cm³/mol. The second-order valence-electron chi connectivity index (χ2n) is 6.28. The van der Waals surface area contributed by atoms with Crippen LogP contribution >= 0.6 is 11.6 Å². The molecule has 1 aromatic heterocycles. The fraction of sp³-hybridized carbons (Fsp3) is 0.190. The molecule has 4 rings (SSSR count). The lowest BCUT2D eigenvalue weighted by Gasteiger charge is -2.25. The van der Waals surface area contributed by atoms with Crippen molar-refractivity contribution >= 4 is 11.6 Å². The Morgan fingerprint density at radius 3 is 2.60 bits per heavy atom. The molecule has 0 radical (unpaired) electrons. The molecular weight excluding hydrogens is 334 g/mol. The Morgan fingerprint density at radius 1 is 1.04 bits per heavy atom. The fourth-order valence-corrected chi connectivity index (χ4v) is 3.78. The summed E-state index contributed by atoms with van der Waals surface area (Å²) in [5.74, 6) is 0. The molecule has 0 aliphatic carbocycles. The monoisotopic (exact) mass is 351 g/mol. The predicted octanol–water partition coefficient (Wildman–Crippen LogP) is 3.93. The van der Waals surface area contributed by atoms with E-state index in [1.807, 2.05) is 59.2 Å². The largest absolute Gasteiger partial charge is 0.396 e. The molecular formula is C21H18ClNO2. The molecule has 1 N–H and O–H groups in total. The third-order valence-corrected chi connectivity index (χ3v) is 5.00. The van der Waals surface area contributed by atoms with Gasteiger partial charge in [-0.15, -0.1) is 0 Å². The highest BCUT2D eigenvalue weighted by Gasteiger charge is 2.22. The minimum atomic E-state index is 0.00788. The van der Waals surface area contributed by atoms with E-state index in [2.05, 4.69) is 0 Å². The number of aliphatic hydroxyl groups is 1. The molecule has 1 aliphatic rings. The molecule has 0 fully saturated rings. The first kappa shape index (κ1) is 16.1. The average Bonchev–Trinajstić information content (AvgIpc) is 2.64. The van der Waals surface area contributed by atoms with Gasteiger partial charge in [0.2, 0.25) is 0 Å². The van der Waals surface area contributed by atoms with Gasteiger partial charge in [-0.3, -0.25) is 4.79 Å². The first-order valence-electron chi connectivity index (χ1n) is 8.41. The van der Waals surface area contributed by atoms with E-state index in [1.165, 1.54) is 5.56 Å². The summed E-state index contributed by atoms with van der Waals surface area (Å²) >= 11 is 6.20. The van der Waals surface area contributed by atoms with Gasteiger partial charge in [0, 0.05) is 29.3 Å². The highest BCUT2D eigenvalue weighted by Crippen LogP contribution is 2.34. The molecule has 25 heavy (non-hydrogen) atoms. The minimum absolute atomic E-state index is 0.00788.